The number of ether oxygens (including phenoxy) is 1. The van der Waals surface area contributed by atoms with Gasteiger partial charge in [-0.1, -0.05) is 12.1 Å². The van der Waals surface area contributed by atoms with Gasteiger partial charge in [-0.15, -0.1) is 0 Å². The Labute approximate surface area is 158 Å². The minimum absolute atomic E-state index is 0.139. The minimum atomic E-state index is -0.769. The predicted molar refractivity (Wildman–Crippen MR) is 101 cm³/mol. The van der Waals surface area contributed by atoms with Crippen molar-refractivity contribution in [3.63, 3.8) is 0 Å². The van der Waals surface area contributed by atoms with Crippen LogP contribution in [0.1, 0.15) is 16.2 Å². The molecule has 4 rings (SSSR count). The number of amides is 1. The van der Waals surface area contributed by atoms with E-state index < -0.39 is 11.5 Å². The summed E-state index contributed by atoms with van der Waals surface area (Å²) in [5, 5.41) is 3.17. The van der Waals surface area contributed by atoms with Gasteiger partial charge in [-0.3, -0.25) is 9.36 Å². The van der Waals surface area contributed by atoms with Crippen molar-refractivity contribution in [2.75, 3.05) is 12.4 Å². The molecular formula is C19H15N5O4. The molecular weight excluding hydrogens is 362 g/mol. The number of nitrogens with one attached hydrogen (secondary N) is 1. The van der Waals surface area contributed by atoms with Crippen molar-refractivity contribution in [3.8, 4) is 11.6 Å². The van der Waals surface area contributed by atoms with Gasteiger partial charge in [0.1, 0.15) is 29.4 Å². The van der Waals surface area contributed by atoms with Gasteiger partial charge in [0.05, 0.1) is 7.11 Å². The summed E-state index contributed by atoms with van der Waals surface area (Å²) in [5.41, 5.74) is -0.625. The molecule has 3 heterocycles. The molecule has 0 aliphatic heterocycles. The summed E-state index contributed by atoms with van der Waals surface area (Å²) >= 11 is 0. The molecule has 0 atom stereocenters. The molecule has 0 bridgehead atoms. The van der Waals surface area contributed by atoms with E-state index in [4.69, 9.17) is 9.15 Å². The molecule has 9 nitrogen and oxygen atoms in total. The standard InChI is InChI=1S/C19H15N5O4/c1-11-20-6-7-24(11)16-9-15(21-10-22-16)23-18(25)13-8-12-4-3-5-14(27-2)17(12)28-19(13)26/h3-10H,1-2H3,(H,21,22,23,25). The molecule has 0 fully saturated rings. The van der Waals surface area contributed by atoms with E-state index in [1.54, 1.807) is 41.2 Å². The Morgan fingerprint density at radius 1 is 1.21 bits per heavy atom. The zero-order chi connectivity index (χ0) is 19.7. The van der Waals surface area contributed by atoms with E-state index in [0.717, 1.165) is 5.82 Å². The molecule has 0 radical (unpaired) electrons. The highest BCUT2D eigenvalue weighted by atomic mass is 16.5. The summed E-state index contributed by atoms with van der Waals surface area (Å²) in [5.74, 6) is 1.30. The number of carbonyl (C=O) groups is 1. The smallest absolute Gasteiger partial charge is 0.349 e. The number of imidazole rings is 1. The van der Waals surface area contributed by atoms with Crippen molar-refractivity contribution < 1.29 is 13.9 Å². The Kier molecular flexibility index (Phi) is 4.32. The van der Waals surface area contributed by atoms with Gasteiger partial charge in [0.15, 0.2) is 11.3 Å². The highest BCUT2D eigenvalue weighted by molar-refractivity contribution is 6.05. The molecule has 1 N–H and O–H groups in total. The number of hydrogen-bond donors (Lipinski definition) is 1. The highest BCUT2D eigenvalue weighted by Gasteiger charge is 2.16. The van der Waals surface area contributed by atoms with Crippen LogP contribution in [0.2, 0.25) is 0 Å². The van der Waals surface area contributed by atoms with E-state index in [0.29, 0.717) is 17.0 Å². The van der Waals surface area contributed by atoms with E-state index >= 15 is 0 Å². The molecule has 140 valence electrons. The lowest BCUT2D eigenvalue weighted by molar-refractivity contribution is 0.102. The molecule has 0 aliphatic carbocycles. The van der Waals surface area contributed by atoms with Crippen LogP contribution in [0.15, 0.2) is 58.3 Å². The van der Waals surface area contributed by atoms with E-state index in [-0.39, 0.29) is 17.0 Å². The third kappa shape index (κ3) is 3.09. The van der Waals surface area contributed by atoms with Gasteiger partial charge in [0.25, 0.3) is 5.91 Å². The number of carbonyl (C=O) groups excluding carboxylic acids is 1. The van der Waals surface area contributed by atoms with Crippen LogP contribution in [-0.2, 0) is 0 Å². The summed E-state index contributed by atoms with van der Waals surface area (Å²) in [6, 6.07) is 8.18. The van der Waals surface area contributed by atoms with Gasteiger partial charge >= 0.3 is 5.63 Å². The molecule has 28 heavy (non-hydrogen) atoms. The van der Waals surface area contributed by atoms with Gasteiger partial charge < -0.3 is 14.5 Å². The molecule has 0 spiro atoms. The first-order valence-corrected chi connectivity index (χ1v) is 8.31. The Bertz CT molecular complexity index is 1240. The third-order valence-electron chi connectivity index (χ3n) is 4.16. The van der Waals surface area contributed by atoms with Crippen LogP contribution >= 0.6 is 0 Å². The lowest BCUT2D eigenvalue weighted by Crippen LogP contribution is -2.21. The molecule has 4 aromatic rings. The second-order valence-corrected chi connectivity index (χ2v) is 5.89. The highest BCUT2D eigenvalue weighted by Crippen LogP contribution is 2.24. The molecule has 0 aliphatic rings. The predicted octanol–water partition coefficient (Wildman–Crippen LogP) is 2.34. The van der Waals surface area contributed by atoms with Crippen LogP contribution in [0.5, 0.6) is 5.75 Å². The summed E-state index contributed by atoms with van der Waals surface area (Å²) < 4.78 is 12.2. The summed E-state index contributed by atoms with van der Waals surface area (Å²) in [4.78, 5) is 37.3. The number of anilines is 1. The van der Waals surface area contributed by atoms with Crippen molar-refractivity contribution >= 4 is 22.7 Å². The molecule has 9 heteroatoms. The van der Waals surface area contributed by atoms with Crippen molar-refractivity contribution in [1.29, 1.82) is 0 Å². The van der Waals surface area contributed by atoms with Crippen LogP contribution < -0.4 is 15.7 Å². The Morgan fingerprint density at radius 2 is 2.07 bits per heavy atom. The second-order valence-electron chi connectivity index (χ2n) is 5.89. The van der Waals surface area contributed by atoms with Gasteiger partial charge in [0, 0.05) is 23.8 Å². The quantitative estimate of drug-likeness (QED) is 0.543. The number of methoxy groups -OCH3 is 1. The zero-order valence-corrected chi connectivity index (χ0v) is 15.0. The maximum atomic E-state index is 12.6. The lowest BCUT2D eigenvalue weighted by Gasteiger charge is -2.08. The van der Waals surface area contributed by atoms with Crippen LogP contribution in [0.4, 0.5) is 5.82 Å². The maximum Gasteiger partial charge on any atom is 0.349 e. The molecule has 1 aromatic carbocycles. The number of benzene rings is 1. The van der Waals surface area contributed by atoms with E-state index in [2.05, 4.69) is 20.3 Å². The average molecular weight is 377 g/mol. The monoisotopic (exact) mass is 377 g/mol. The molecule has 0 unspecified atom stereocenters. The zero-order valence-electron chi connectivity index (χ0n) is 15.0. The van der Waals surface area contributed by atoms with Crippen molar-refractivity contribution in [3.05, 3.63) is 70.9 Å². The Morgan fingerprint density at radius 3 is 2.82 bits per heavy atom. The minimum Gasteiger partial charge on any atom is -0.493 e. The maximum absolute atomic E-state index is 12.6. The fourth-order valence-corrected chi connectivity index (χ4v) is 2.79. The van der Waals surface area contributed by atoms with Crippen LogP contribution in [-0.4, -0.2) is 32.5 Å². The largest absolute Gasteiger partial charge is 0.493 e. The molecule has 3 aromatic heterocycles. The SMILES string of the molecule is COc1cccc2cc(C(=O)Nc3cc(-n4ccnc4C)ncn3)c(=O)oc12. The first-order valence-electron chi connectivity index (χ1n) is 8.31. The Hall–Kier alpha value is -4.01. The van der Waals surface area contributed by atoms with Crippen LogP contribution in [0.3, 0.4) is 0 Å². The topological polar surface area (TPSA) is 112 Å². The number of rotatable bonds is 4. The third-order valence-corrected chi connectivity index (χ3v) is 4.16. The number of aryl methyl sites for hydroxylation is 1. The van der Waals surface area contributed by atoms with Crippen molar-refractivity contribution in [2.45, 2.75) is 6.92 Å². The fraction of sp³-hybridized carbons (Fsp3) is 0.105. The normalized spacial score (nSPS) is 10.8. The van der Waals surface area contributed by atoms with Crippen LogP contribution in [0.25, 0.3) is 16.8 Å². The first-order chi connectivity index (χ1) is 13.6. The average Bonchev–Trinajstić information content (AvgIpc) is 3.13. The fourth-order valence-electron chi connectivity index (χ4n) is 2.79. The number of fused-ring (bicyclic) bond motifs is 1. The molecule has 1 amide bonds. The van der Waals surface area contributed by atoms with Crippen molar-refractivity contribution in [2.24, 2.45) is 0 Å². The molecule has 0 saturated heterocycles. The number of hydrogen-bond acceptors (Lipinski definition) is 7. The molecule has 0 saturated carbocycles. The van der Waals surface area contributed by atoms with Crippen LogP contribution in [0, 0.1) is 6.92 Å². The lowest BCUT2D eigenvalue weighted by atomic mass is 10.1. The number of aromatic nitrogens is 4. The Balaban J connectivity index is 1.67. The van der Waals surface area contributed by atoms with Crippen molar-refractivity contribution in [1.82, 2.24) is 19.5 Å². The van der Waals surface area contributed by atoms with Gasteiger partial charge in [-0.25, -0.2) is 19.7 Å². The first kappa shape index (κ1) is 17.4. The summed E-state index contributed by atoms with van der Waals surface area (Å²) in [6.45, 7) is 1.83. The number of para-hydroxylation sites is 1. The van der Waals surface area contributed by atoms with E-state index in [9.17, 15) is 9.59 Å². The van der Waals surface area contributed by atoms with Gasteiger partial charge in [0.2, 0.25) is 0 Å². The summed E-state index contributed by atoms with van der Waals surface area (Å²) in [6.07, 6.45) is 4.71. The second kappa shape index (κ2) is 6.95. The van der Waals surface area contributed by atoms with Gasteiger partial charge in [-0.2, -0.15) is 0 Å². The van der Waals surface area contributed by atoms with Gasteiger partial charge in [-0.05, 0) is 19.1 Å². The summed E-state index contributed by atoms with van der Waals surface area (Å²) in [7, 11) is 1.48. The van der Waals surface area contributed by atoms with E-state index in [1.165, 1.54) is 19.5 Å². The number of nitrogens with zero attached hydrogens (tertiary/aromatic N) is 4. The van der Waals surface area contributed by atoms with E-state index in [1.807, 2.05) is 6.92 Å².